The Morgan fingerprint density at radius 2 is 2.47 bits per heavy atom. The summed E-state index contributed by atoms with van der Waals surface area (Å²) >= 11 is 3.28. The molecule has 1 atom stereocenters. The summed E-state index contributed by atoms with van der Waals surface area (Å²) in [5, 5.41) is 3.33. The zero-order valence-corrected chi connectivity index (χ0v) is 9.91. The summed E-state index contributed by atoms with van der Waals surface area (Å²) in [5.41, 5.74) is 1.06. The second-order valence-electron chi connectivity index (χ2n) is 3.32. The maximum Gasteiger partial charge on any atom is 0.169 e. The van der Waals surface area contributed by atoms with Gasteiger partial charge in [0, 0.05) is 18.4 Å². The van der Waals surface area contributed by atoms with Crippen molar-refractivity contribution >= 4 is 15.9 Å². The SMILES string of the molecule is CC(NCc1cnc[nH]1)c1ccc(Br)o1. The van der Waals surface area contributed by atoms with E-state index in [-0.39, 0.29) is 6.04 Å². The van der Waals surface area contributed by atoms with Crippen LogP contribution >= 0.6 is 15.9 Å². The first-order chi connectivity index (χ1) is 7.25. The van der Waals surface area contributed by atoms with Gasteiger partial charge in [0.15, 0.2) is 4.67 Å². The third-order valence-electron chi connectivity index (χ3n) is 2.17. The first-order valence-corrected chi connectivity index (χ1v) is 5.51. The molecule has 2 heterocycles. The highest BCUT2D eigenvalue weighted by molar-refractivity contribution is 9.10. The number of hydrogen-bond acceptors (Lipinski definition) is 3. The summed E-state index contributed by atoms with van der Waals surface area (Å²) in [6.45, 7) is 2.81. The van der Waals surface area contributed by atoms with Gasteiger partial charge in [0.2, 0.25) is 0 Å². The van der Waals surface area contributed by atoms with Crippen LogP contribution in [-0.4, -0.2) is 9.97 Å². The van der Waals surface area contributed by atoms with Gasteiger partial charge in [-0.1, -0.05) is 0 Å². The monoisotopic (exact) mass is 269 g/mol. The first kappa shape index (κ1) is 10.4. The third kappa shape index (κ3) is 2.70. The van der Waals surface area contributed by atoms with E-state index in [9.17, 15) is 0 Å². The minimum absolute atomic E-state index is 0.180. The Morgan fingerprint density at radius 3 is 3.07 bits per heavy atom. The van der Waals surface area contributed by atoms with Crippen LogP contribution in [-0.2, 0) is 6.54 Å². The molecule has 0 radical (unpaired) electrons. The topological polar surface area (TPSA) is 53.9 Å². The Kier molecular flexibility index (Phi) is 3.23. The zero-order chi connectivity index (χ0) is 10.7. The molecule has 0 amide bonds. The lowest BCUT2D eigenvalue weighted by atomic mass is 10.2. The van der Waals surface area contributed by atoms with Gasteiger partial charge in [0.1, 0.15) is 5.76 Å². The molecule has 1 unspecified atom stereocenters. The molecule has 0 saturated carbocycles. The second kappa shape index (κ2) is 4.63. The summed E-state index contributed by atoms with van der Waals surface area (Å²) in [5.74, 6) is 0.918. The minimum Gasteiger partial charge on any atom is -0.453 e. The number of imidazole rings is 1. The van der Waals surface area contributed by atoms with Crippen LogP contribution in [0.1, 0.15) is 24.4 Å². The smallest absolute Gasteiger partial charge is 0.169 e. The molecular weight excluding hydrogens is 258 g/mol. The van der Waals surface area contributed by atoms with E-state index < -0.39 is 0 Å². The van der Waals surface area contributed by atoms with Gasteiger partial charge in [0.05, 0.1) is 12.4 Å². The van der Waals surface area contributed by atoms with Gasteiger partial charge >= 0.3 is 0 Å². The highest BCUT2D eigenvalue weighted by atomic mass is 79.9. The van der Waals surface area contributed by atoms with E-state index in [1.807, 2.05) is 12.1 Å². The molecule has 2 rings (SSSR count). The van der Waals surface area contributed by atoms with Crippen LogP contribution in [0, 0.1) is 0 Å². The van der Waals surface area contributed by atoms with E-state index in [4.69, 9.17) is 4.42 Å². The van der Waals surface area contributed by atoms with E-state index in [2.05, 4.69) is 38.1 Å². The first-order valence-electron chi connectivity index (χ1n) is 4.71. The highest BCUT2D eigenvalue weighted by Gasteiger charge is 2.09. The van der Waals surface area contributed by atoms with Gasteiger partial charge in [-0.3, -0.25) is 0 Å². The van der Waals surface area contributed by atoms with Crippen molar-refractivity contribution in [2.24, 2.45) is 0 Å². The molecule has 0 aliphatic rings. The Balaban J connectivity index is 1.90. The summed E-state index contributed by atoms with van der Waals surface area (Å²) in [6.07, 6.45) is 3.48. The largest absolute Gasteiger partial charge is 0.453 e. The fourth-order valence-corrected chi connectivity index (χ4v) is 1.63. The predicted molar refractivity (Wildman–Crippen MR) is 60.3 cm³/mol. The molecule has 0 aliphatic heterocycles. The molecule has 0 aliphatic carbocycles. The van der Waals surface area contributed by atoms with Crippen molar-refractivity contribution in [3.63, 3.8) is 0 Å². The van der Waals surface area contributed by atoms with Gasteiger partial charge in [-0.15, -0.1) is 0 Å². The zero-order valence-electron chi connectivity index (χ0n) is 8.33. The summed E-state index contributed by atoms with van der Waals surface area (Å²) in [4.78, 5) is 6.99. The fourth-order valence-electron chi connectivity index (χ4n) is 1.31. The Morgan fingerprint density at radius 1 is 1.60 bits per heavy atom. The number of aromatic nitrogens is 2. The number of nitrogens with one attached hydrogen (secondary N) is 2. The van der Waals surface area contributed by atoms with E-state index >= 15 is 0 Å². The minimum atomic E-state index is 0.180. The van der Waals surface area contributed by atoms with E-state index in [1.165, 1.54) is 0 Å². The molecule has 2 N–H and O–H groups in total. The number of hydrogen-bond donors (Lipinski definition) is 2. The average Bonchev–Trinajstić information content (AvgIpc) is 2.84. The van der Waals surface area contributed by atoms with Crippen molar-refractivity contribution in [2.45, 2.75) is 19.5 Å². The summed E-state index contributed by atoms with van der Waals surface area (Å²) in [6, 6.07) is 4.03. The van der Waals surface area contributed by atoms with Crippen molar-refractivity contribution in [1.82, 2.24) is 15.3 Å². The summed E-state index contributed by atoms with van der Waals surface area (Å²) in [7, 11) is 0. The van der Waals surface area contributed by atoms with Crippen LogP contribution in [0.3, 0.4) is 0 Å². The van der Waals surface area contributed by atoms with Crippen molar-refractivity contribution in [3.05, 3.63) is 40.8 Å². The van der Waals surface area contributed by atoms with Crippen molar-refractivity contribution < 1.29 is 4.42 Å². The molecule has 0 aromatic carbocycles. The average molecular weight is 270 g/mol. The van der Waals surface area contributed by atoms with Crippen LogP contribution in [0.4, 0.5) is 0 Å². The number of furan rings is 1. The number of H-pyrrole nitrogens is 1. The number of aromatic amines is 1. The molecule has 0 saturated heterocycles. The summed E-state index contributed by atoms with van der Waals surface area (Å²) < 4.78 is 6.20. The standard InChI is InChI=1S/C10H12BrN3O/c1-7(9-2-3-10(11)15-9)13-5-8-4-12-6-14-8/h2-4,6-7,13H,5H2,1H3,(H,12,14). The predicted octanol–water partition coefficient (Wildman–Crippen LogP) is 2.62. The molecule has 80 valence electrons. The molecule has 2 aromatic heterocycles. The fraction of sp³-hybridized carbons (Fsp3) is 0.300. The molecule has 0 fully saturated rings. The highest BCUT2D eigenvalue weighted by Crippen LogP contribution is 2.20. The van der Waals surface area contributed by atoms with E-state index in [0.29, 0.717) is 0 Å². The third-order valence-corrected chi connectivity index (χ3v) is 2.60. The van der Waals surface area contributed by atoms with Crippen LogP contribution in [0.5, 0.6) is 0 Å². The molecule has 2 aromatic rings. The Labute approximate surface area is 96.2 Å². The molecule has 0 bridgehead atoms. The maximum atomic E-state index is 5.44. The van der Waals surface area contributed by atoms with Gasteiger partial charge < -0.3 is 14.7 Å². The number of nitrogens with zero attached hydrogens (tertiary/aromatic N) is 1. The lowest BCUT2D eigenvalue weighted by Gasteiger charge is -2.09. The van der Waals surface area contributed by atoms with E-state index in [1.54, 1.807) is 12.5 Å². The van der Waals surface area contributed by atoms with E-state index in [0.717, 1.165) is 22.7 Å². The van der Waals surface area contributed by atoms with Gasteiger partial charge in [0.25, 0.3) is 0 Å². The van der Waals surface area contributed by atoms with Gasteiger partial charge in [-0.25, -0.2) is 4.98 Å². The molecule has 15 heavy (non-hydrogen) atoms. The van der Waals surface area contributed by atoms with Crippen LogP contribution in [0.15, 0.2) is 33.7 Å². The number of rotatable bonds is 4. The Bertz CT molecular complexity index is 410. The molecule has 4 nitrogen and oxygen atoms in total. The number of halogens is 1. The van der Waals surface area contributed by atoms with Crippen LogP contribution in [0.25, 0.3) is 0 Å². The Hall–Kier alpha value is -1.07. The molecular formula is C10H12BrN3O. The lowest BCUT2D eigenvalue weighted by Crippen LogP contribution is -2.17. The lowest BCUT2D eigenvalue weighted by molar-refractivity contribution is 0.417. The van der Waals surface area contributed by atoms with Crippen molar-refractivity contribution in [3.8, 4) is 0 Å². The van der Waals surface area contributed by atoms with Crippen molar-refractivity contribution in [1.29, 1.82) is 0 Å². The molecule has 0 spiro atoms. The van der Waals surface area contributed by atoms with Gasteiger partial charge in [-0.05, 0) is 35.0 Å². The van der Waals surface area contributed by atoms with Crippen LogP contribution < -0.4 is 5.32 Å². The maximum absolute atomic E-state index is 5.44. The second-order valence-corrected chi connectivity index (χ2v) is 4.10. The van der Waals surface area contributed by atoms with Gasteiger partial charge in [-0.2, -0.15) is 0 Å². The normalized spacial score (nSPS) is 12.9. The molecule has 5 heteroatoms. The quantitative estimate of drug-likeness (QED) is 0.897. The van der Waals surface area contributed by atoms with Crippen molar-refractivity contribution in [2.75, 3.05) is 0 Å². The van der Waals surface area contributed by atoms with Crippen LogP contribution in [0.2, 0.25) is 0 Å².